The highest BCUT2D eigenvalue weighted by molar-refractivity contribution is 5.27. The monoisotopic (exact) mass is 223 g/mol. The summed E-state index contributed by atoms with van der Waals surface area (Å²) in [5.41, 5.74) is 2.57. The maximum absolute atomic E-state index is 5.31. The summed E-state index contributed by atoms with van der Waals surface area (Å²) in [6.07, 6.45) is 6.22. The lowest BCUT2D eigenvalue weighted by Crippen LogP contribution is -2.16. The third-order valence-corrected chi connectivity index (χ3v) is 2.62. The molecule has 0 fully saturated rings. The van der Waals surface area contributed by atoms with Crippen LogP contribution in [-0.4, -0.2) is 32.1 Å². The van der Waals surface area contributed by atoms with Crippen LogP contribution in [0.3, 0.4) is 0 Å². The van der Waals surface area contributed by atoms with E-state index in [1.165, 1.54) is 11.1 Å². The molecule has 0 aromatic carbocycles. The van der Waals surface area contributed by atoms with Gasteiger partial charge in [0.2, 0.25) is 0 Å². The highest BCUT2D eigenvalue weighted by atomic mass is 16.5. The number of nitrogens with zero attached hydrogens (tertiary/aromatic N) is 1. The predicted molar refractivity (Wildman–Crippen MR) is 71.5 cm³/mol. The molecule has 0 aromatic rings. The van der Waals surface area contributed by atoms with Gasteiger partial charge in [0.25, 0.3) is 0 Å². The van der Waals surface area contributed by atoms with E-state index in [2.05, 4.69) is 51.8 Å². The van der Waals surface area contributed by atoms with Crippen molar-refractivity contribution >= 4 is 0 Å². The highest BCUT2D eigenvalue weighted by Gasteiger charge is 1.94. The van der Waals surface area contributed by atoms with Crippen LogP contribution in [0, 0.1) is 0 Å². The molecule has 16 heavy (non-hydrogen) atoms. The minimum absolute atomic E-state index is 0.906. The van der Waals surface area contributed by atoms with Crippen LogP contribution in [0.25, 0.3) is 0 Å². The van der Waals surface area contributed by atoms with Crippen LogP contribution in [0.15, 0.2) is 35.1 Å². The summed E-state index contributed by atoms with van der Waals surface area (Å²) in [7, 11) is 3.81. The van der Waals surface area contributed by atoms with E-state index >= 15 is 0 Å². The third kappa shape index (κ3) is 6.46. The molecule has 92 valence electrons. The van der Waals surface area contributed by atoms with Crippen LogP contribution < -0.4 is 0 Å². The lowest BCUT2D eigenvalue weighted by atomic mass is 10.1. The Hall–Kier alpha value is -1.02. The second kappa shape index (κ2) is 8.17. The van der Waals surface area contributed by atoms with Gasteiger partial charge in [-0.2, -0.15) is 0 Å². The molecule has 0 aromatic heterocycles. The Bertz CT molecular complexity index is 283. The van der Waals surface area contributed by atoms with Gasteiger partial charge in [-0.25, -0.2) is 0 Å². The van der Waals surface area contributed by atoms with Gasteiger partial charge in [-0.1, -0.05) is 18.6 Å². The van der Waals surface area contributed by atoms with E-state index in [-0.39, 0.29) is 0 Å². The molecule has 2 nitrogen and oxygen atoms in total. The summed E-state index contributed by atoms with van der Waals surface area (Å²) in [5, 5.41) is 0. The number of ether oxygens (including phenoxy) is 1. The quantitative estimate of drug-likeness (QED) is 0.505. The molecule has 0 aliphatic carbocycles. The average Bonchev–Trinajstić information content (AvgIpc) is 2.26. The van der Waals surface area contributed by atoms with Crippen LogP contribution in [0.1, 0.15) is 27.7 Å². The SMILES string of the molecule is CCN(C)C/C=C/C(=C/C(C)=C(C)C)OC. The molecule has 0 radical (unpaired) electrons. The van der Waals surface area contributed by atoms with Crippen molar-refractivity contribution in [2.75, 3.05) is 27.2 Å². The number of allylic oxidation sites excluding steroid dienone is 4. The molecule has 0 rings (SSSR count). The first kappa shape index (κ1) is 15.0. The minimum atomic E-state index is 0.906. The molecule has 0 atom stereocenters. The lowest BCUT2D eigenvalue weighted by molar-refractivity contribution is 0.306. The topological polar surface area (TPSA) is 12.5 Å². The zero-order chi connectivity index (χ0) is 12.6. The zero-order valence-corrected chi connectivity index (χ0v) is 11.5. The Morgan fingerprint density at radius 2 is 1.88 bits per heavy atom. The summed E-state index contributed by atoms with van der Waals surface area (Å²) >= 11 is 0. The normalized spacial score (nSPS) is 12.3. The molecule has 0 saturated heterocycles. The highest BCUT2D eigenvalue weighted by Crippen LogP contribution is 2.08. The molecule has 0 bridgehead atoms. The van der Waals surface area contributed by atoms with Crippen molar-refractivity contribution in [3.8, 4) is 0 Å². The summed E-state index contributed by atoms with van der Waals surface area (Å²) in [6, 6.07) is 0. The van der Waals surface area contributed by atoms with E-state index in [4.69, 9.17) is 4.74 Å². The second-order valence-electron chi connectivity index (χ2n) is 4.19. The number of hydrogen-bond donors (Lipinski definition) is 0. The van der Waals surface area contributed by atoms with Crippen LogP contribution in [0.4, 0.5) is 0 Å². The van der Waals surface area contributed by atoms with E-state index in [1.54, 1.807) is 7.11 Å². The van der Waals surface area contributed by atoms with E-state index in [1.807, 2.05) is 6.08 Å². The van der Waals surface area contributed by atoms with Gasteiger partial charge in [-0.15, -0.1) is 0 Å². The summed E-state index contributed by atoms with van der Waals surface area (Å²) in [6.45, 7) is 10.5. The van der Waals surface area contributed by atoms with Crippen molar-refractivity contribution in [2.45, 2.75) is 27.7 Å². The molecule has 0 amide bonds. The molecular weight excluding hydrogens is 198 g/mol. The largest absolute Gasteiger partial charge is 0.497 e. The van der Waals surface area contributed by atoms with Gasteiger partial charge in [0.05, 0.1) is 7.11 Å². The lowest BCUT2D eigenvalue weighted by Gasteiger charge is -2.10. The molecule has 0 unspecified atom stereocenters. The maximum Gasteiger partial charge on any atom is 0.118 e. The van der Waals surface area contributed by atoms with E-state index in [0.29, 0.717) is 0 Å². The Kier molecular flexibility index (Phi) is 7.65. The third-order valence-electron chi connectivity index (χ3n) is 2.62. The molecule has 0 spiro atoms. The molecule has 2 heteroatoms. The fraction of sp³-hybridized carbons (Fsp3) is 0.571. The smallest absolute Gasteiger partial charge is 0.118 e. The van der Waals surface area contributed by atoms with E-state index in [0.717, 1.165) is 18.8 Å². The summed E-state index contributed by atoms with van der Waals surface area (Å²) in [4.78, 5) is 2.23. The minimum Gasteiger partial charge on any atom is -0.497 e. The van der Waals surface area contributed by atoms with Crippen molar-refractivity contribution in [3.05, 3.63) is 35.1 Å². The van der Waals surface area contributed by atoms with Gasteiger partial charge >= 0.3 is 0 Å². The molecule has 0 aliphatic heterocycles. The van der Waals surface area contributed by atoms with Crippen molar-refractivity contribution in [1.29, 1.82) is 0 Å². The van der Waals surface area contributed by atoms with Crippen molar-refractivity contribution in [1.82, 2.24) is 4.90 Å². The number of methoxy groups -OCH3 is 1. The standard InChI is InChI=1S/C14H25NO/c1-7-15(5)10-8-9-14(16-6)11-13(4)12(2)3/h8-9,11H,7,10H2,1-6H3/b9-8+,14-11-. The first-order valence-corrected chi connectivity index (χ1v) is 5.76. The van der Waals surface area contributed by atoms with Crippen molar-refractivity contribution in [2.24, 2.45) is 0 Å². The van der Waals surface area contributed by atoms with E-state index in [9.17, 15) is 0 Å². The van der Waals surface area contributed by atoms with Crippen LogP contribution >= 0.6 is 0 Å². The second-order valence-corrected chi connectivity index (χ2v) is 4.19. The first-order chi connectivity index (χ1) is 7.51. The summed E-state index contributed by atoms with van der Waals surface area (Å²) < 4.78 is 5.31. The first-order valence-electron chi connectivity index (χ1n) is 5.76. The van der Waals surface area contributed by atoms with Gasteiger partial charge < -0.3 is 9.64 Å². The van der Waals surface area contributed by atoms with Gasteiger partial charge in [0.15, 0.2) is 0 Å². The fourth-order valence-corrected chi connectivity index (χ4v) is 1.01. The van der Waals surface area contributed by atoms with Gasteiger partial charge in [-0.05, 0) is 52.1 Å². The maximum atomic E-state index is 5.31. The number of likely N-dealkylation sites (N-methyl/N-ethyl adjacent to an activating group) is 1. The van der Waals surface area contributed by atoms with Crippen molar-refractivity contribution < 1.29 is 4.74 Å². The number of rotatable bonds is 6. The Balaban J connectivity index is 4.47. The van der Waals surface area contributed by atoms with Crippen LogP contribution in [0.2, 0.25) is 0 Å². The van der Waals surface area contributed by atoms with E-state index < -0.39 is 0 Å². The molecular formula is C14H25NO. The molecule has 0 N–H and O–H groups in total. The zero-order valence-electron chi connectivity index (χ0n) is 11.5. The molecule has 0 aliphatic rings. The van der Waals surface area contributed by atoms with Crippen LogP contribution in [-0.2, 0) is 4.74 Å². The predicted octanol–water partition coefficient (Wildman–Crippen LogP) is 3.38. The summed E-state index contributed by atoms with van der Waals surface area (Å²) in [5.74, 6) is 0.906. The molecule has 0 heterocycles. The van der Waals surface area contributed by atoms with Gasteiger partial charge in [-0.3, -0.25) is 0 Å². The Labute approximate surface area is 100 Å². The van der Waals surface area contributed by atoms with Crippen molar-refractivity contribution in [3.63, 3.8) is 0 Å². The fourth-order valence-electron chi connectivity index (χ4n) is 1.01. The Morgan fingerprint density at radius 1 is 1.25 bits per heavy atom. The van der Waals surface area contributed by atoms with Gasteiger partial charge in [0, 0.05) is 6.54 Å². The average molecular weight is 223 g/mol. The molecule has 0 saturated carbocycles. The van der Waals surface area contributed by atoms with Gasteiger partial charge in [0.1, 0.15) is 5.76 Å². The Morgan fingerprint density at radius 3 is 2.31 bits per heavy atom. The van der Waals surface area contributed by atoms with Crippen LogP contribution in [0.5, 0.6) is 0 Å². The number of hydrogen-bond acceptors (Lipinski definition) is 2.